The van der Waals surface area contributed by atoms with Gasteiger partial charge in [0, 0.05) is 60.6 Å². The zero-order valence-electron chi connectivity index (χ0n) is 17.5. The normalized spacial score (nSPS) is 17.7. The number of nitrogens with one attached hydrogen (secondary N) is 3. The van der Waals surface area contributed by atoms with Crippen LogP contribution in [0.2, 0.25) is 0 Å². The number of rotatable bonds is 8. The second-order valence-corrected chi connectivity index (χ2v) is 10.0. The van der Waals surface area contributed by atoms with Gasteiger partial charge in [-0.05, 0) is 40.0 Å². The van der Waals surface area contributed by atoms with Gasteiger partial charge in [0.15, 0.2) is 5.96 Å². The maximum Gasteiger partial charge on any atom is 0.234 e. The quantitative estimate of drug-likeness (QED) is 0.258. The van der Waals surface area contributed by atoms with E-state index in [4.69, 9.17) is 0 Å². The maximum atomic E-state index is 12.1. The Kier molecular flexibility index (Phi) is 13.5. The van der Waals surface area contributed by atoms with Crippen LogP contribution in [0.1, 0.15) is 47.0 Å². The number of carbonyl (C=O) groups is 1. The van der Waals surface area contributed by atoms with Crippen molar-refractivity contribution in [1.82, 2.24) is 20.9 Å². The fourth-order valence-corrected chi connectivity index (χ4v) is 3.61. The van der Waals surface area contributed by atoms with Crippen molar-refractivity contribution < 1.29 is 9.00 Å². The van der Waals surface area contributed by atoms with Gasteiger partial charge in [-0.25, -0.2) is 0 Å². The van der Waals surface area contributed by atoms with E-state index in [1.165, 1.54) is 0 Å². The number of hydrogen-bond donors (Lipinski definition) is 3. The lowest BCUT2D eigenvalue weighted by Crippen LogP contribution is -2.50. The average molecular weight is 516 g/mol. The minimum atomic E-state index is -0.866. The Morgan fingerprint density at radius 1 is 1.19 bits per heavy atom. The summed E-state index contributed by atoms with van der Waals surface area (Å²) in [6.07, 6.45) is 2.93. The Morgan fingerprint density at radius 3 is 2.33 bits per heavy atom. The number of nitrogens with zero attached hydrogens (tertiary/aromatic N) is 2. The third-order valence-corrected chi connectivity index (χ3v) is 6.30. The highest BCUT2D eigenvalue weighted by Gasteiger charge is 2.22. The van der Waals surface area contributed by atoms with Gasteiger partial charge < -0.3 is 16.0 Å². The summed E-state index contributed by atoms with van der Waals surface area (Å²) in [4.78, 5) is 18.3. The molecule has 27 heavy (non-hydrogen) atoms. The molecule has 0 bridgehead atoms. The highest BCUT2D eigenvalue weighted by Crippen LogP contribution is 2.11. The summed E-state index contributed by atoms with van der Waals surface area (Å²) < 4.78 is 11.9. The SMILES string of the molecule is CCCNC(=O)CN1CCC(NC(=NC)NCCS(=O)C(C)(C)C)CC1.I. The molecule has 0 radical (unpaired) electrons. The molecule has 0 aromatic heterocycles. The van der Waals surface area contributed by atoms with Crippen molar-refractivity contribution in [3.05, 3.63) is 0 Å². The van der Waals surface area contributed by atoms with Gasteiger partial charge in [-0.1, -0.05) is 6.92 Å². The molecule has 1 aliphatic heterocycles. The molecule has 0 aliphatic carbocycles. The van der Waals surface area contributed by atoms with Gasteiger partial charge in [-0.2, -0.15) is 0 Å². The van der Waals surface area contributed by atoms with Gasteiger partial charge >= 0.3 is 0 Å². The molecule has 1 fully saturated rings. The number of guanidine groups is 1. The number of piperidine rings is 1. The van der Waals surface area contributed by atoms with Crippen molar-refractivity contribution in [2.24, 2.45) is 4.99 Å². The number of likely N-dealkylation sites (tertiary alicyclic amines) is 1. The predicted molar refractivity (Wildman–Crippen MR) is 125 cm³/mol. The summed E-state index contributed by atoms with van der Waals surface area (Å²) in [6, 6.07) is 0.351. The van der Waals surface area contributed by atoms with Gasteiger partial charge in [0.1, 0.15) is 0 Å². The smallest absolute Gasteiger partial charge is 0.234 e. The maximum absolute atomic E-state index is 12.1. The summed E-state index contributed by atoms with van der Waals surface area (Å²) in [5, 5.41) is 9.62. The van der Waals surface area contributed by atoms with Crippen LogP contribution in [0.15, 0.2) is 4.99 Å². The van der Waals surface area contributed by atoms with Crippen molar-refractivity contribution in [2.45, 2.75) is 57.7 Å². The second kappa shape index (κ2) is 13.7. The molecule has 1 aliphatic rings. The largest absolute Gasteiger partial charge is 0.355 e. The molecular formula is C18H38IN5O2S. The molecule has 9 heteroatoms. The first-order chi connectivity index (χ1) is 12.3. The van der Waals surface area contributed by atoms with E-state index in [0.717, 1.165) is 44.9 Å². The van der Waals surface area contributed by atoms with Crippen molar-refractivity contribution in [3.63, 3.8) is 0 Å². The number of halogens is 1. The summed E-state index contributed by atoms with van der Waals surface area (Å²) in [6.45, 7) is 11.7. The van der Waals surface area contributed by atoms with Crippen LogP contribution < -0.4 is 16.0 Å². The highest BCUT2D eigenvalue weighted by atomic mass is 127. The lowest BCUT2D eigenvalue weighted by Gasteiger charge is -2.32. The standard InChI is InChI=1S/C18H37N5O2S.HI/c1-6-9-20-16(24)14-23-11-7-15(8-12-23)22-17(19-5)21-10-13-26(25)18(2,3)4;/h15H,6-14H2,1-5H3,(H,20,24)(H2,19,21,22);1H. The summed E-state index contributed by atoms with van der Waals surface area (Å²) in [7, 11) is 0.888. The molecule has 160 valence electrons. The highest BCUT2D eigenvalue weighted by molar-refractivity contribution is 14.0. The molecule has 1 atom stereocenters. The molecule has 7 nitrogen and oxygen atoms in total. The number of hydrogen-bond acceptors (Lipinski definition) is 4. The van der Waals surface area contributed by atoms with Crippen LogP contribution in [-0.4, -0.2) is 77.3 Å². The fourth-order valence-electron chi connectivity index (χ4n) is 2.72. The van der Waals surface area contributed by atoms with Crippen LogP contribution in [-0.2, 0) is 15.6 Å². The zero-order chi connectivity index (χ0) is 19.6. The van der Waals surface area contributed by atoms with Gasteiger partial charge in [-0.3, -0.25) is 18.9 Å². The van der Waals surface area contributed by atoms with Crippen LogP contribution >= 0.6 is 24.0 Å². The third kappa shape index (κ3) is 11.2. The van der Waals surface area contributed by atoms with Crippen LogP contribution in [0.5, 0.6) is 0 Å². The Bertz CT molecular complexity index is 489. The van der Waals surface area contributed by atoms with E-state index in [2.05, 4.69) is 32.8 Å². The van der Waals surface area contributed by atoms with Gasteiger partial charge in [-0.15, -0.1) is 24.0 Å². The van der Waals surface area contributed by atoms with Crippen molar-refractivity contribution in [1.29, 1.82) is 0 Å². The van der Waals surface area contributed by atoms with E-state index in [1.807, 2.05) is 20.8 Å². The van der Waals surface area contributed by atoms with Crippen LogP contribution in [0, 0.1) is 0 Å². The minimum absolute atomic E-state index is 0. The first-order valence-corrected chi connectivity index (χ1v) is 10.9. The van der Waals surface area contributed by atoms with Crippen molar-refractivity contribution in [3.8, 4) is 0 Å². The molecule has 1 unspecified atom stereocenters. The van der Waals surface area contributed by atoms with E-state index in [1.54, 1.807) is 7.05 Å². The zero-order valence-corrected chi connectivity index (χ0v) is 20.6. The van der Waals surface area contributed by atoms with Gasteiger partial charge in [0.05, 0.1) is 6.54 Å². The van der Waals surface area contributed by atoms with Crippen molar-refractivity contribution in [2.75, 3.05) is 45.5 Å². The van der Waals surface area contributed by atoms with E-state index in [9.17, 15) is 9.00 Å². The van der Waals surface area contributed by atoms with Crippen molar-refractivity contribution >= 4 is 46.6 Å². The predicted octanol–water partition coefficient (Wildman–Crippen LogP) is 1.31. The molecule has 0 spiro atoms. The Hall–Kier alpha value is -0.420. The molecule has 1 rings (SSSR count). The van der Waals surface area contributed by atoms with Crippen LogP contribution in [0.3, 0.4) is 0 Å². The summed E-state index contributed by atoms with van der Waals surface area (Å²) in [5.74, 6) is 1.48. The first-order valence-electron chi connectivity index (χ1n) is 9.61. The summed E-state index contributed by atoms with van der Waals surface area (Å²) >= 11 is 0. The lowest BCUT2D eigenvalue weighted by molar-refractivity contribution is -0.122. The van der Waals surface area contributed by atoms with E-state index in [0.29, 0.717) is 24.9 Å². The Labute approximate surface area is 184 Å². The molecule has 0 aromatic carbocycles. The molecule has 1 amide bonds. The molecule has 1 heterocycles. The topological polar surface area (TPSA) is 85.8 Å². The molecular weight excluding hydrogens is 477 g/mol. The average Bonchev–Trinajstić information content (AvgIpc) is 2.59. The minimum Gasteiger partial charge on any atom is -0.355 e. The Morgan fingerprint density at radius 2 is 1.81 bits per heavy atom. The molecule has 1 saturated heterocycles. The van der Waals surface area contributed by atoms with E-state index >= 15 is 0 Å². The third-order valence-electron chi connectivity index (χ3n) is 4.35. The van der Waals surface area contributed by atoms with E-state index < -0.39 is 10.8 Å². The number of amides is 1. The molecule has 0 aromatic rings. The van der Waals surface area contributed by atoms with E-state index in [-0.39, 0.29) is 34.6 Å². The van der Waals surface area contributed by atoms with Gasteiger partial charge in [0.25, 0.3) is 0 Å². The molecule has 0 saturated carbocycles. The van der Waals surface area contributed by atoms with Gasteiger partial charge in [0.2, 0.25) is 5.91 Å². The fraction of sp³-hybridized carbons (Fsp3) is 0.889. The van der Waals surface area contributed by atoms with Crippen LogP contribution in [0.4, 0.5) is 0 Å². The second-order valence-electron chi connectivity index (χ2n) is 7.71. The van der Waals surface area contributed by atoms with Crippen LogP contribution in [0.25, 0.3) is 0 Å². The Balaban J connectivity index is 0.00000676. The monoisotopic (exact) mass is 515 g/mol. The number of aliphatic imine (C=N–C) groups is 1. The number of carbonyl (C=O) groups excluding carboxylic acids is 1. The lowest BCUT2D eigenvalue weighted by atomic mass is 10.1. The first kappa shape index (κ1) is 26.6. The summed E-state index contributed by atoms with van der Waals surface area (Å²) in [5.41, 5.74) is 0. The molecule has 3 N–H and O–H groups in total.